The maximum Gasteiger partial charge on any atom is 0.319 e. The molecule has 1 aliphatic heterocycles. The molecule has 2 heterocycles. The molecule has 3 rings (SSSR count). The topological polar surface area (TPSA) is 91.4 Å². The molecule has 28 heavy (non-hydrogen) atoms. The summed E-state index contributed by atoms with van der Waals surface area (Å²) in [6, 6.07) is 5.67. The molecule has 0 saturated carbocycles. The number of carbonyl (C=O) groups is 1. The van der Waals surface area contributed by atoms with E-state index in [2.05, 4.69) is 15.6 Å². The van der Waals surface area contributed by atoms with E-state index in [1.165, 1.54) is 28.8 Å². The van der Waals surface area contributed by atoms with Crippen LogP contribution in [-0.4, -0.2) is 43.4 Å². The Bertz CT molecular complexity index is 913. The van der Waals surface area contributed by atoms with Crippen LogP contribution in [0.15, 0.2) is 47.6 Å². The van der Waals surface area contributed by atoms with Crippen LogP contribution >= 0.6 is 0 Å². The molecule has 0 aliphatic carbocycles. The summed E-state index contributed by atoms with van der Waals surface area (Å²) in [5.74, 6) is -1.65. The van der Waals surface area contributed by atoms with Crippen LogP contribution in [0.1, 0.15) is 12.8 Å². The van der Waals surface area contributed by atoms with Gasteiger partial charge in [-0.05, 0) is 43.0 Å². The molecule has 1 aliphatic rings. The Labute approximate surface area is 161 Å². The molecule has 2 amide bonds. The maximum absolute atomic E-state index is 13.6. The van der Waals surface area contributed by atoms with Gasteiger partial charge < -0.3 is 10.6 Å². The van der Waals surface area contributed by atoms with Gasteiger partial charge in [0.2, 0.25) is 10.0 Å². The third kappa shape index (κ3) is 4.63. The highest BCUT2D eigenvalue weighted by molar-refractivity contribution is 7.89. The highest BCUT2D eigenvalue weighted by Gasteiger charge is 2.29. The third-order valence-corrected chi connectivity index (χ3v) is 6.48. The minimum atomic E-state index is -3.58. The normalized spacial score (nSPS) is 15.9. The van der Waals surface area contributed by atoms with Crippen molar-refractivity contribution in [2.24, 2.45) is 5.92 Å². The number of anilines is 1. The standard InChI is InChI=1S/C18H20F2N4O3S/c19-15-4-1-5-16(20)17(15)23-18(25)22-11-13-6-9-24(10-7-13)28(26,27)14-3-2-8-21-12-14/h1-5,8,12-13H,6-7,9-11H2,(H2,22,23,25). The van der Waals surface area contributed by atoms with Crippen LogP contribution in [0.3, 0.4) is 0 Å². The first-order valence-corrected chi connectivity index (χ1v) is 10.2. The molecule has 0 radical (unpaired) electrons. The van der Waals surface area contributed by atoms with E-state index in [1.54, 1.807) is 6.07 Å². The fraction of sp³-hybridized carbons (Fsp3) is 0.333. The number of carbonyl (C=O) groups excluding carboxylic acids is 1. The summed E-state index contributed by atoms with van der Waals surface area (Å²) in [5.41, 5.74) is -0.502. The zero-order valence-corrected chi connectivity index (χ0v) is 15.8. The molecule has 2 aromatic rings. The smallest absolute Gasteiger partial charge is 0.319 e. The van der Waals surface area contributed by atoms with Crippen molar-refractivity contribution in [2.75, 3.05) is 25.0 Å². The fourth-order valence-corrected chi connectivity index (χ4v) is 4.45. The number of halogens is 2. The largest absolute Gasteiger partial charge is 0.338 e. The van der Waals surface area contributed by atoms with Crippen LogP contribution in [0.5, 0.6) is 0 Å². The number of aromatic nitrogens is 1. The summed E-state index contributed by atoms with van der Waals surface area (Å²) in [6.07, 6.45) is 3.95. The molecule has 0 spiro atoms. The van der Waals surface area contributed by atoms with E-state index in [-0.39, 0.29) is 17.4 Å². The van der Waals surface area contributed by atoms with Crippen molar-refractivity contribution in [1.29, 1.82) is 0 Å². The molecule has 10 heteroatoms. The molecule has 7 nitrogen and oxygen atoms in total. The zero-order valence-electron chi connectivity index (χ0n) is 14.9. The van der Waals surface area contributed by atoms with Gasteiger partial charge in [0.15, 0.2) is 0 Å². The number of urea groups is 1. The van der Waals surface area contributed by atoms with Gasteiger partial charge in [0, 0.05) is 32.0 Å². The number of nitrogens with zero attached hydrogens (tertiary/aromatic N) is 2. The summed E-state index contributed by atoms with van der Waals surface area (Å²) >= 11 is 0. The van der Waals surface area contributed by atoms with E-state index in [1.807, 2.05) is 0 Å². The van der Waals surface area contributed by atoms with Gasteiger partial charge in [0.1, 0.15) is 22.2 Å². The van der Waals surface area contributed by atoms with E-state index in [0.717, 1.165) is 12.1 Å². The number of piperidine rings is 1. The number of hydrogen-bond donors (Lipinski definition) is 2. The van der Waals surface area contributed by atoms with Crippen molar-refractivity contribution in [3.05, 3.63) is 54.4 Å². The average molecular weight is 410 g/mol. The Morgan fingerprint density at radius 1 is 1.14 bits per heavy atom. The Hall–Kier alpha value is -2.59. The molecule has 2 N–H and O–H groups in total. The number of amides is 2. The molecular weight excluding hydrogens is 390 g/mol. The first kappa shape index (κ1) is 20.2. The first-order valence-electron chi connectivity index (χ1n) is 8.77. The Morgan fingerprint density at radius 2 is 1.82 bits per heavy atom. The van der Waals surface area contributed by atoms with Gasteiger partial charge >= 0.3 is 6.03 Å². The fourth-order valence-electron chi connectivity index (χ4n) is 3.01. The quantitative estimate of drug-likeness (QED) is 0.793. The molecule has 150 valence electrons. The zero-order chi connectivity index (χ0) is 20.1. The van der Waals surface area contributed by atoms with E-state index in [0.29, 0.717) is 25.9 Å². The number of pyridine rings is 1. The highest BCUT2D eigenvalue weighted by Crippen LogP contribution is 2.23. The maximum atomic E-state index is 13.6. The molecule has 1 saturated heterocycles. The van der Waals surface area contributed by atoms with Crippen LogP contribution in [0.4, 0.5) is 19.3 Å². The average Bonchev–Trinajstić information content (AvgIpc) is 2.70. The summed E-state index contributed by atoms with van der Waals surface area (Å²) in [5, 5.41) is 4.74. The van der Waals surface area contributed by atoms with E-state index >= 15 is 0 Å². The summed E-state index contributed by atoms with van der Waals surface area (Å²) in [7, 11) is -3.58. The van der Waals surface area contributed by atoms with Gasteiger partial charge in [-0.15, -0.1) is 0 Å². The van der Waals surface area contributed by atoms with E-state index in [9.17, 15) is 22.0 Å². The van der Waals surface area contributed by atoms with Crippen LogP contribution in [0, 0.1) is 17.6 Å². The van der Waals surface area contributed by atoms with Gasteiger partial charge in [0.25, 0.3) is 0 Å². The van der Waals surface area contributed by atoms with Gasteiger partial charge in [-0.25, -0.2) is 22.0 Å². The minimum absolute atomic E-state index is 0.0663. The third-order valence-electron chi connectivity index (χ3n) is 4.60. The van der Waals surface area contributed by atoms with Gasteiger partial charge in [0.05, 0.1) is 0 Å². The number of hydrogen-bond acceptors (Lipinski definition) is 4. The first-order chi connectivity index (χ1) is 13.4. The van der Waals surface area contributed by atoms with Crippen LogP contribution in [0.2, 0.25) is 0 Å². The molecule has 0 unspecified atom stereocenters. The molecule has 1 aromatic heterocycles. The van der Waals surface area contributed by atoms with Gasteiger partial charge in [-0.1, -0.05) is 6.07 Å². The van der Waals surface area contributed by atoms with Gasteiger partial charge in [-0.2, -0.15) is 4.31 Å². The molecule has 1 aromatic carbocycles. The van der Waals surface area contributed by atoms with Crippen molar-refractivity contribution in [1.82, 2.24) is 14.6 Å². The van der Waals surface area contributed by atoms with Crippen LogP contribution in [-0.2, 0) is 10.0 Å². The Morgan fingerprint density at radius 3 is 2.43 bits per heavy atom. The van der Waals surface area contributed by atoms with Crippen molar-refractivity contribution >= 4 is 21.7 Å². The second-order valence-corrected chi connectivity index (χ2v) is 8.41. The monoisotopic (exact) mass is 410 g/mol. The van der Waals surface area contributed by atoms with Gasteiger partial charge in [-0.3, -0.25) is 4.98 Å². The molecular formula is C18H20F2N4O3S. The second kappa shape index (κ2) is 8.61. The summed E-state index contributed by atoms with van der Waals surface area (Å²) in [6.45, 7) is 0.933. The lowest BCUT2D eigenvalue weighted by atomic mass is 9.98. The highest BCUT2D eigenvalue weighted by atomic mass is 32.2. The summed E-state index contributed by atoms with van der Waals surface area (Å²) in [4.78, 5) is 15.9. The van der Waals surface area contributed by atoms with Crippen molar-refractivity contribution < 1.29 is 22.0 Å². The minimum Gasteiger partial charge on any atom is -0.338 e. The lowest BCUT2D eigenvalue weighted by molar-refractivity contribution is 0.240. The predicted molar refractivity (Wildman–Crippen MR) is 99.1 cm³/mol. The van der Waals surface area contributed by atoms with E-state index < -0.39 is 33.4 Å². The van der Waals surface area contributed by atoms with Crippen LogP contribution < -0.4 is 10.6 Å². The van der Waals surface area contributed by atoms with Crippen molar-refractivity contribution in [2.45, 2.75) is 17.7 Å². The second-order valence-electron chi connectivity index (χ2n) is 6.47. The summed E-state index contributed by atoms with van der Waals surface area (Å²) < 4.78 is 53.6. The van der Waals surface area contributed by atoms with Crippen LogP contribution in [0.25, 0.3) is 0 Å². The Balaban J connectivity index is 1.49. The van der Waals surface area contributed by atoms with Crippen molar-refractivity contribution in [3.63, 3.8) is 0 Å². The number of rotatable bonds is 5. The predicted octanol–water partition coefficient (Wildman–Crippen LogP) is 2.58. The molecule has 1 fully saturated rings. The number of para-hydroxylation sites is 1. The molecule has 0 atom stereocenters. The lowest BCUT2D eigenvalue weighted by Gasteiger charge is -2.31. The lowest BCUT2D eigenvalue weighted by Crippen LogP contribution is -2.42. The van der Waals surface area contributed by atoms with Crippen molar-refractivity contribution in [3.8, 4) is 0 Å². The number of benzene rings is 1. The number of sulfonamides is 1. The SMILES string of the molecule is O=C(NCC1CCN(S(=O)(=O)c2cccnc2)CC1)Nc1c(F)cccc1F. The van der Waals surface area contributed by atoms with E-state index in [4.69, 9.17) is 0 Å². The Kier molecular flexibility index (Phi) is 6.20. The molecule has 0 bridgehead atoms. The number of nitrogens with one attached hydrogen (secondary N) is 2.